The summed E-state index contributed by atoms with van der Waals surface area (Å²) in [5, 5.41) is 8.59. The lowest BCUT2D eigenvalue weighted by Gasteiger charge is -2.49. The van der Waals surface area contributed by atoms with Gasteiger partial charge in [0.2, 0.25) is 13.0 Å². The molecule has 2 aliphatic heterocycles. The van der Waals surface area contributed by atoms with E-state index in [-0.39, 0.29) is 28.2 Å². The molecule has 0 aliphatic carbocycles. The fourth-order valence-electron chi connectivity index (χ4n) is 3.36. The number of fused-ring (bicyclic) bond motifs is 1. The summed E-state index contributed by atoms with van der Waals surface area (Å²) < 4.78 is 43.2. The Labute approximate surface area is 233 Å². The molecule has 1 aromatic rings. The number of rotatable bonds is 10. The quantitative estimate of drug-likeness (QED) is 0.103. The fourth-order valence-corrected chi connectivity index (χ4v) is 5.42. The molecule has 3 heterocycles. The fraction of sp³-hybridized carbons (Fsp3) is 0.455. The zero-order chi connectivity index (χ0) is 29.0. The summed E-state index contributed by atoms with van der Waals surface area (Å²) in [5.74, 6) is -1.97. The zero-order valence-corrected chi connectivity index (χ0v) is 23.1. The van der Waals surface area contributed by atoms with Crippen molar-refractivity contribution < 1.29 is 41.9 Å². The SMILES string of the molecule is CC(C)(C)OC(=O)C1=C(/C=C/CCl)CS[C@@H]2[C@H](NC(=O)/C(=N\OCC(F)(F)F)c3csc(NC=O)n3)C(=O)N12. The molecule has 2 atom stereocenters. The van der Waals surface area contributed by atoms with Gasteiger partial charge in [-0.25, -0.2) is 9.78 Å². The molecule has 2 N–H and O–H groups in total. The largest absolute Gasteiger partial charge is 0.455 e. The third-order valence-electron chi connectivity index (χ3n) is 4.81. The lowest BCUT2D eigenvalue weighted by Crippen LogP contribution is -2.71. The first-order valence-corrected chi connectivity index (χ1v) is 13.6. The first-order chi connectivity index (χ1) is 18.3. The number of amides is 3. The Hall–Kier alpha value is -3.11. The summed E-state index contributed by atoms with van der Waals surface area (Å²) in [4.78, 5) is 59.3. The van der Waals surface area contributed by atoms with E-state index in [0.717, 1.165) is 11.3 Å². The molecular weight excluding hydrogens is 587 g/mol. The van der Waals surface area contributed by atoms with Gasteiger partial charge in [0, 0.05) is 17.0 Å². The van der Waals surface area contributed by atoms with Crippen LogP contribution in [-0.4, -0.2) is 81.2 Å². The van der Waals surface area contributed by atoms with Crippen LogP contribution in [0.3, 0.4) is 0 Å². The van der Waals surface area contributed by atoms with Gasteiger partial charge in [0.25, 0.3) is 11.8 Å². The number of aromatic nitrogens is 1. The number of anilines is 1. The van der Waals surface area contributed by atoms with Crippen LogP contribution in [0, 0.1) is 0 Å². The zero-order valence-electron chi connectivity index (χ0n) is 20.7. The van der Waals surface area contributed by atoms with Crippen molar-refractivity contribution in [3.63, 3.8) is 0 Å². The first kappa shape index (κ1) is 30.4. The molecule has 0 bridgehead atoms. The minimum absolute atomic E-state index is 0.0111. The number of β-lactam (4-membered cyclic amide) rings is 1. The number of esters is 1. The highest BCUT2D eigenvalue weighted by Crippen LogP contribution is 2.41. The van der Waals surface area contributed by atoms with Crippen LogP contribution in [0.2, 0.25) is 0 Å². The molecule has 1 fully saturated rings. The van der Waals surface area contributed by atoms with Crippen LogP contribution in [-0.2, 0) is 28.8 Å². The lowest BCUT2D eigenvalue weighted by molar-refractivity contribution is -0.174. The number of nitrogens with one attached hydrogen (secondary N) is 2. The predicted octanol–water partition coefficient (Wildman–Crippen LogP) is 2.79. The number of hydrogen-bond acceptors (Lipinski definition) is 10. The van der Waals surface area contributed by atoms with Gasteiger partial charge < -0.3 is 20.2 Å². The van der Waals surface area contributed by atoms with Gasteiger partial charge >= 0.3 is 12.1 Å². The minimum Gasteiger partial charge on any atom is -0.455 e. The van der Waals surface area contributed by atoms with Gasteiger partial charge in [-0.15, -0.1) is 34.7 Å². The molecule has 17 heteroatoms. The summed E-state index contributed by atoms with van der Waals surface area (Å²) in [7, 11) is 0. The third-order valence-corrected chi connectivity index (χ3v) is 7.07. The van der Waals surface area contributed by atoms with Crippen LogP contribution in [0.15, 0.2) is 34.0 Å². The molecule has 1 aromatic heterocycles. The van der Waals surface area contributed by atoms with E-state index in [9.17, 15) is 32.3 Å². The van der Waals surface area contributed by atoms with E-state index in [0.29, 0.717) is 12.0 Å². The molecule has 3 amide bonds. The summed E-state index contributed by atoms with van der Waals surface area (Å²) in [6, 6.07) is -1.14. The number of carbonyl (C=O) groups is 4. The highest BCUT2D eigenvalue weighted by Gasteiger charge is 2.54. The Kier molecular flexibility index (Phi) is 9.66. The Morgan fingerprint density at radius 3 is 2.67 bits per heavy atom. The Morgan fingerprint density at radius 1 is 1.33 bits per heavy atom. The van der Waals surface area contributed by atoms with E-state index >= 15 is 0 Å². The molecule has 0 saturated carbocycles. The second kappa shape index (κ2) is 12.4. The molecule has 11 nitrogen and oxygen atoms in total. The predicted molar refractivity (Wildman–Crippen MR) is 138 cm³/mol. The van der Waals surface area contributed by atoms with Crippen LogP contribution in [0.5, 0.6) is 0 Å². The second-order valence-corrected chi connectivity index (χ2v) is 11.2. The number of thioether (sulfide) groups is 1. The molecular formula is C22H23ClF3N5O6S2. The van der Waals surface area contributed by atoms with Gasteiger partial charge in [0.15, 0.2) is 10.8 Å². The summed E-state index contributed by atoms with van der Waals surface area (Å²) in [6.07, 6.45) is -1.17. The maximum Gasteiger partial charge on any atom is 0.425 e. The van der Waals surface area contributed by atoms with Gasteiger partial charge in [0.05, 0.1) is 0 Å². The Bertz CT molecular complexity index is 1230. The van der Waals surface area contributed by atoms with Gasteiger partial charge in [0.1, 0.15) is 28.4 Å². The first-order valence-electron chi connectivity index (χ1n) is 11.1. The second-order valence-electron chi connectivity index (χ2n) is 8.92. The monoisotopic (exact) mass is 609 g/mol. The number of ether oxygens (including phenoxy) is 1. The van der Waals surface area contributed by atoms with E-state index in [1.54, 1.807) is 32.9 Å². The average molecular weight is 610 g/mol. The van der Waals surface area contributed by atoms with E-state index < -0.39 is 53.3 Å². The Balaban J connectivity index is 1.85. The van der Waals surface area contributed by atoms with Gasteiger partial charge in [-0.05, 0) is 26.3 Å². The molecule has 1 saturated heterocycles. The normalized spacial score (nSPS) is 19.9. The number of alkyl halides is 4. The molecule has 2 aliphatic rings. The van der Waals surface area contributed by atoms with Crippen LogP contribution < -0.4 is 10.6 Å². The molecule has 39 heavy (non-hydrogen) atoms. The van der Waals surface area contributed by atoms with Crippen LogP contribution in [0.1, 0.15) is 26.5 Å². The van der Waals surface area contributed by atoms with E-state index in [2.05, 4.69) is 25.6 Å². The van der Waals surface area contributed by atoms with Crippen molar-refractivity contribution in [2.45, 2.75) is 44.0 Å². The van der Waals surface area contributed by atoms with Crippen molar-refractivity contribution in [3.05, 3.63) is 34.5 Å². The number of hydrogen-bond donors (Lipinski definition) is 2. The van der Waals surface area contributed by atoms with E-state index in [1.165, 1.54) is 22.0 Å². The van der Waals surface area contributed by atoms with Crippen molar-refractivity contribution >= 4 is 69.7 Å². The van der Waals surface area contributed by atoms with Crippen molar-refractivity contribution in [2.75, 3.05) is 23.6 Å². The molecule has 0 radical (unpaired) electrons. The van der Waals surface area contributed by atoms with Crippen LogP contribution in [0.25, 0.3) is 0 Å². The van der Waals surface area contributed by atoms with Gasteiger partial charge in [-0.1, -0.05) is 17.3 Å². The van der Waals surface area contributed by atoms with Gasteiger partial charge in [-0.2, -0.15) is 13.2 Å². The molecule has 3 rings (SSSR count). The minimum atomic E-state index is -4.72. The Morgan fingerprint density at radius 2 is 2.05 bits per heavy atom. The number of halogens is 4. The van der Waals surface area contributed by atoms with Gasteiger partial charge in [-0.3, -0.25) is 19.3 Å². The maximum absolute atomic E-state index is 13.1. The summed E-state index contributed by atoms with van der Waals surface area (Å²) >= 11 is 7.87. The topological polar surface area (TPSA) is 139 Å². The van der Waals surface area contributed by atoms with Crippen LogP contribution in [0.4, 0.5) is 18.3 Å². The molecule has 0 spiro atoms. The number of allylic oxidation sites excluding steroid dienone is 2. The van der Waals surface area contributed by atoms with Crippen molar-refractivity contribution in [3.8, 4) is 0 Å². The van der Waals surface area contributed by atoms with Crippen molar-refractivity contribution in [1.82, 2.24) is 15.2 Å². The van der Waals surface area contributed by atoms with Crippen molar-refractivity contribution in [1.29, 1.82) is 0 Å². The number of thiazole rings is 1. The summed E-state index contributed by atoms with van der Waals surface area (Å²) in [5.41, 5.74) is -1.16. The molecule has 212 valence electrons. The molecule has 0 aromatic carbocycles. The van der Waals surface area contributed by atoms with E-state index in [4.69, 9.17) is 16.3 Å². The number of nitrogens with zero attached hydrogens (tertiary/aromatic N) is 3. The van der Waals surface area contributed by atoms with Crippen LogP contribution >= 0.6 is 34.7 Å². The molecule has 0 unspecified atom stereocenters. The van der Waals surface area contributed by atoms with E-state index in [1.807, 2.05) is 0 Å². The summed E-state index contributed by atoms with van der Waals surface area (Å²) in [6.45, 7) is 3.24. The average Bonchev–Trinajstić information content (AvgIpc) is 3.29. The van der Waals surface area contributed by atoms with Crippen molar-refractivity contribution in [2.24, 2.45) is 5.16 Å². The smallest absolute Gasteiger partial charge is 0.425 e. The third kappa shape index (κ3) is 7.73. The highest BCUT2D eigenvalue weighted by molar-refractivity contribution is 8.00. The lowest BCUT2D eigenvalue weighted by atomic mass is 10.0. The maximum atomic E-state index is 13.1. The standard InChI is InChI=1S/C22H23ClF3N5O6S2/c1-21(2,3)37-19(35)15-11(5-4-6-23)7-38-18-14(17(34)31(15)18)29-16(33)13(30-36-9-22(24,25)26)12-8-39-20(28-12)27-10-32/h4-5,8,10,14,18H,6-7,9H2,1-3H3,(H,29,33)(H,27,28,32)/b5-4+,30-13-/t14-,18-/m1/s1. The number of carbonyl (C=O) groups excluding carboxylic acids is 4. The number of oxime groups is 1. The highest BCUT2D eigenvalue weighted by atomic mass is 35.5.